The molecule has 0 N–H and O–H groups in total. The standard InChI is InChI=1S/C17H34O4/c1-6-8-13-18-20-15-16(3,4)11-10-12-17(15,5)21-19-14-9-7-2/h15H,6-14H2,1-5H3. The molecule has 2 atom stereocenters. The maximum atomic E-state index is 5.77. The summed E-state index contributed by atoms with van der Waals surface area (Å²) >= 11 is 0. The molecule has 21 heavy (non-hydrogen) atoms. The van der Waals surface area contributed by atoms with Crippen LogP contribution >= 0.6 is 0 Å². The summed E-state index contributed by atoms with van der Waals surface area (Å²) in [5.41, 5.74) is -0.422. The van der Waals surface area contributed by atoms with Crippen LogP contribution in [0.25, 0.3) is 0 Å². The fourth-order valence-electron chi connectivity index (χ4n) is 3.00. The highest BCUT2D eigenvalue weighted by Crippen LogP contribution is 2.45. The molecule has 126 valence electrons. The van der Waals surface area contributed by atoms with Crippen molar-refractivity contribution < 1.29 is 19.6 Å². The molecule has 2 unspecified atom stereocenters. The molecule has 4 heteroatoms. The average Bonchev–Trinajstić information content (AvgIpc) is 2.42. The first-order valence-corrected chi connectivity index (χ1v) is 8.55. The number of hydrogen-bond donors (Lipinski definition) is 0. The monoisotopic (exact) mass is 302 g/mol. The van der Waals surface area contributed by atoms with Crippen LogP contribution in [0.5, 0.6) is 0 Å². The second-order valence-electron chi connectivity index (χ2n) is 7.07. The van der Waals surface area contributed by atoms with E-state index >= 15 is 0 Å². The zero-order valence-electron chi connectivity index (χ0n) is 14.6. The third kappa shape index (κ3) is 5.85. The van der Waals surface area contributed by atoms with Crippen molar-refractivity contribution in [3.63, 3.8) is 0 Å². The van der Waals surface area contributed by atoms with Gasteiger partial charge in [-0.3, -0.25) is 0 Å². The van der Waals surface area contributed by atoms with Gasteiger partial charge in [-0.1, -0.05) is 40.5 Å². The van der Waals surface area contributed by atoms with Crippen LogP contribution < -0.4 is 0 Å². The molecule has 1 rings (SSSR count). The minimum atomic E-state index is -0.443. The summed E-state index contributed by atoms with van der Waals surface area (Å²) in [7, 11) is 0. The van der Waals surface area contributed by atoms with Gasteiger partial charge < -0.3 is 0 Å². The van der Waals surface area contributed by atoms with Crippen molar-refractivity contribution in [2.45, 2.75) is 91.3 Å². The molecule has 0 aromatic rings. The summed E-state index contributed by atoms with van der Waals surface area (Å²) in [6, 6.07) is 0. The van der Waals surface area contributed by atoms with Crippen LogP contribution in [-0.2, 0) is 19.6 Å². The maximum Gasteiger partial charge on any atom is 0.130 e. The van der Waals surface area contributed by atoms with E-state index in [-0.39, 0.29) is 11.5 Å². The van der Waals surface area contributed by atoms with Crippen LogP contribution in [0.1, 0.15) is 79.6 Å². The second-order valence-corrected chi connectivity index (χ2v) is 7.07. The molecule has 1 saturated carbocycles. The highest BCUT2D eigenvalue weighted by molar-refractivity contribution is 4.97. The van der Waals surface area contributed by atoms with Gasteiger partial charge in [-0.2, -0.15) is 0 Å². The summed E-state index contributed by atoms with van der Waals surface area (Å²) < 4.78 is 0. The Balaban J connectivity index is 2.58. The van der Waals surface area contributed by atoms with Crippen molar-refractivity contribution in [3.8, 4) is 0 Å². The number of hydrogen-bond acceptors (Lipinski definition) is 4. The molecule has 0 aromatic carbocycles. The fraction of sp³-hybridized carbons (Fsp3) is 1.00. The molecule has 4 nitrogen and oxygen atoms in total. The van der Waals surface area contributed by atoms with E-state index in [1.54, 1.807) is 0 Å². The van der Waals surface area contributed by atoms with Crippen molar-refractivity contribution >= 4 is 0 Å². The van der Waals surface area contributed by atoms with E-state index in [9.17, 15) is 0 Å². The van der Waals surface area contributed by atoms with Gasteiger partial charge in [-0.05, 0) is 44.4 Å². The zero-order valence-corrected chi connectivity index (χ0v) is 14.6. The molecule has 0 saturated heterocycles. The first kappa shape index (κ1) is 18.9. The van der Waals surface area contributed by atoms with Crippen molar-refractivity contribution in [1.29, 1.82) is 0 Å². The quantitative estimate of drug-likeness (QED) is 0.329. The minimum Gasteiger partial charge on any atom is -0.236 e. The van der Waals surface area contributed by atoms with Crippen LogP contribution in [0, 0.1) is 5.41 Å². The molecule has 1 aliphatic rings. The predicted octanol–water partition coefficient (Wildman–Crippen LogP) is 4.82. The smallest absolute Gasteiger partial charge is 0.130 e. The Bertz CT molecular complexity index is 280. The van der Waals surface area contributed by atoms with Crippen molar-refractivity contribution in [2.24, 2.45) is 5.41 Å². The highest BCUT2D eigenvalue weighted by Gasteiger charge is 2.50. The van der Waals surface area contributed by atoms with Crippen LogP contribution in [0.4, 0.5) is 0 Å². The highest BCUT2D eigenvalue weighted by atomic mass is 17.2. The fourth-order valence-corrected chi connectivity index (χ4v) is 3.00. The van der Waals surface area contributed by atoms with Gasteiger partial charge in [0, 0.05) is 0 Å². The van der Waals surface area contributed by atoms with Gasteiger partial charge in [0.05, 0.1) is 13.2 Å². The lowest BCUT2D eigenvalue weighted by Gasteiger charge is -2.47. The Labute approximate surface area is 130 Å². The molecule has 0 bridgehead atoms. The van der Waals surface area contributed by atoms with Crippen molar-refractivity contribution in [3.05, 3.63) is 0 Å². The first-order valence-electron chi connectivity index (χ1n) is 8.55. The average molecular weight is 302 g/mol. The normalized spacial score (nSPS) is 28.7. The zero-order chi connectivity index (χ0) is 15.8. The molecular weight excluding hydrogens is 268 g/mol. The maximum absolute atomic E-state index is 5.77. The van der Waals surface area contributed by atoms with Gasteiger partial charge in [-0.15, -0.1) is 0 Å². The molecule has 0 aliphatic heterocycles. The van der Waals surface area contributed by atoms with Crippen molar-refractivity contribution in [2.75, 3.05) is 13.2 Å². The first-order chi connectivity index (χ1) is 9.96. The van der Waals surface area contributed by atoms with E-state index in [1.807, 2.05) is 0 Å². The molecule has 0 heterocycles. The molecule has 0 spiro atoms. The Hall–Kier alpha value is -0.160. The topological polar surface area (TPSA) is 36.9 Å². The van der Waals surface area contributed by atoms with Gasteiger partial charge in [-0.25, -0.2) is 19.6 Å². The lowest BCUT2D eigenvalue weighted by Crippen LogP contribution is -2.54. The van der Waals surface area contributed by atoms with E-state index in [0.29, 0.717) is 13.2 Å². The third-order valence-corrected chi connectivity index (χ3v) is 4.33. The van der Waals surface area contributed by atoms with Gasteiger partial charge in [0.1, 0.15) is 11.7 Å². The van der Waals surface area contributed by atoms with E-state index in [1.165, 1.54) is 0 Å². The molecule has 1 aliphatic carbocycles. The lowest BCUT2D eigenvalue weighted by atomic mass is 9.68. The van der Waals surface area contributed by atoms with E-state index in [4.69, 9.17) is 19.6 Å². The SMILES string of the molecule is CCCCOOC1C(C)(C)CCCC1(C)OOCCCC. The van der Waals surface area contributed by atoms with Crippen molar-refractivity contribution in [1.82, 2.24) is 0 Å². The molecule has 1 fully saturated rings. The number of unbranched alkanes of at least 4 members (excludes halogenated alkanes) is 2. The van der Waals surface area contributed by atoms with Gasteiger partial charge in [0.25, 0.3) is 0 Å². The van der Waals surface area contributed by atoms with E-state index in [0.717, 1.165) is 44.9 Å². The summed E-state index contributed by atoms with van der Waals surface area (Å²) in [5.74, 6) is 0. The molecule has 0 aromatic heterocycles. The molecule has 0 amide bonds. The van der Waals surface area contributed by atoms with E-state index in [2.05, 4.69) is 34.6 Å². The minimum absolute atomic E-state index is 0.0212. The van der Waals surface area contributed by atoms with Crippen LogP contribution in [-0.4, -0.2) is 24.9 Å². The predicted molar refractivity (Wildman–Crippen MR) is 83.7 cm³/mol. The lowest BCUT2D eigenvalue weighted by molar-refractivity contribution is -0.439. The van der Waals surface area contributed by atoms with Gasteiger partial charge in [0.15, 0.2) is 0 Å². The second kappa shape index (κ2) is 9.09. The van der Waals surface area contributed by atoms with Gasteiger partial charge in [0.2, 0.25) is 0 Å². The van der Waals surface area contributed by atoms with Crippen LogP contribution in [0.3, 0.4) is 0 Å². The Morgan fingerprint density at radius 2 is 1.52 bits per heavy atom. The van der Waals surface area contributed by atoms with Crippen LogP contribution in [0.2, 0.25) is 0 Å². The third-order valence-electron chi connectivity index (χ3n) is 4.33. The van der Waals surface area contributed by atoms with Gasteiger partial charge >= 0.3 is 0 Å². The number of rotatable bonds is 10. The Morgan fingerprint density at radius 3 is 2.14 bits per heavy atom. The summed E-state index contributed by atoms with van der Waals surface area (Å²) in [4.78, 5) is 22.4. The van der Waals surface area contributed by atoms with Crippen LogP contribution in [0.15, 0.2) is 0 Å². The molecular formula is C17H34O4. The summed E-state index contributed by atoms with van der Waals surface area (Å²) in [5, 5.41) is 0. The summed E-state index contributed by atoms with van der Waals surface area (Å²) in [6.45, 7) is 12.1. The molecule has 0 radical (unpaired) electrons. The largest absolute Gasteiger partial charge is 0.236 e. The Kier molecular flexibility index (Phi) is 8.17. The van der Waals surface area contributed by atoms with E-state index < -0.39 is 5.60 Å². The summed E-state index contributed by atoms with van der Waals surface area (Å²) in [6.07, 6.45) is 7.28. The Morgan fingerprint density at radius 1 is 0.905 bits per heavy atom.